The van der Waals surface area contributed by atoms with Crippen LogP contribution in [0.5, 0.6) is 0 Å². The standard InChI is InChI=1S/C29H31F3N6O2/c1-15-11-35-26(21-8-9-33-28(36-21)29(3,40)17-4-5-17)25(32)24(15)27(39)37-13-19-6-7-23(16(37)2)38(19)14-22-20(31)10-18(30)12-34-22/h8-12,16-17,19,23,40H,4-7,13-14H2,1-3H3/t16-,19-,23+,29-/m1/s1. The van der Waals surface area contributed by atoms with Gasteiger partial charge in [-0.15, -0.1) is 0 Å². The minimum Gasteiger partial charge on any atom is -0.382 e. The molecule has 3 aromatic heterocycles. The first-order valence-electron chi connectivity index (χ1n) is 13.6. The zero-order chi connectivity index (χ0) is 28.3. The van der Waals surface area contributed by atoms with Crippen molar-refractivity contribution in [1.29, 1.82) is 0 Å². The highest BCUT2D eigenvalue weighted by Gasteiger charge is 2.47. The lowest BCUT2D eigenvalue weighted by Gasteiger charge is -2.45. The molecule has 11 heteroatoms. The van der Waals surface area contributed by atoms with Crippen LogP contribution in [0.3, 0.4) is 0 Å². The summed E-state index contributed by atoms with van der Waals surface area (Å²) in [6.45, 7) is 5.78. The number of halogens is 3. The van der Waals surface area contributed by atoms with Gasteiger partial charge in [0.1, 0.15) is 22.9 Å². The van der Waals surface area contributed by atoms with Gasteiger partial charge in [-0.25, -0.2) is 23.1 Å². The van der Waals surface area contributed by atoms with Gasteiger partial charge in [-0.05, 0) is 64.0 Å². The van der Waals surface area contributed by atoms with Crippen LogP contribution in [0.4, 0.5) is 13.2 Å². The van der Waals surface area contributed by atoms with Gasteiger partial charge in [0.2, 0.25) is 0 Å². The fraction of sp³-hybridized carbons (Fsp3) is 0.483. The number of hydrogen-bond acceptors (Lipinski definition) is 7. The number of hydrogen-bond donors (Lipinski definition) is 1. The Morgan fingerprint density at radius 1 is 1.12 bits per heavy atom. The summed E-state index contributed by atoms with van der Waals surface area (Å²) in [5, 5.41) is 10.9. The first-order valence-corrected chi connectivity index (χ1v) is 13.6. The summed E-state index contributed by atoms with van der Waals surface area (Å²) < 4.78 is 43.8. The normalized spacial score (nSPS) is 24.3. The van der Waals surface area contributed by atoms with Gasteiger partial charge < -0.3 is 10.0 Å². The highest BCUT2D eigenvalue weighted by Crippen LogP contribution is 2.44. The van der Waals surface area contributed by atoms with Gasteiger partial charge in [0, 0.05) is 49.7 Å². The largest absolute Gasteiger partial charge is 0.382 e. The molecular weight excluding hydrogens is 521 g/mol. The third kappa shape index (κ3) is 4.54. The Bertz CT molecular complexity index is 1480. The molecule has 6 rings (SSSR count). The first kappa shape index (κ1) is 26.8. The number of rotatable bonds is 6. The third-order valence-corrected chi connectivity index (χ3v) is 8.77. The van der Waals surface area contributed by atoms with E-state index in [-0.39, 0.29) is 59.1 Å². The van der Waals surface area contributed by atoms with Gasteiger partial charge >= 0.3 is 0 Å². The molecule has 40 heavy (non-hydrogen) atoms. The molecule has 210 valence electrons. The van der Waals surface area contributed by atoms with Gasteiger partial charge in [-0.2, -0.15) is 0 Å². The second kappa shape index (κ2) is 9.88. The molecule has 2 aliphatic heterocycles. The fourth-order valence-corrected chi connectivity index (χ4v) is 6.25. The Morgan fingerprint density at radius 2 is 1.90 bits per heavy atom. The number of piperazine rings is 1. The fourth-order valence-electron chi connectivity index (χ4n) is 6.25. The lowest BCUT2D eigenvalue weighted by molar-refractivity contribution is 0.0158. The lowest BCUT2D eigenvalue weighted by Crippen LogP contribution is -2.60. The number of aromatic nitrogens is 4. The quantitative estimate of drug-likeness (QED) is 0.491. The van der Waals surface area contributed by atoms with Crippen LogP contribution in [0.1, 0.15) is 67.0 Å². The molecule has 0 aromatic carbocycles. The minimum absolute atomic E-state index is 0.0570. The number of likely N-dealkylation sites (tertiary alicyclic amines) is 1. The monoisotopic (exact) mass is 552 g/mol. The summed E-state index contributed by atoms with van der Waals surface area (Å²) in [6.07, 6.45) is 7.28. The first-order chi connectivity index (χ1) is 19.1. The van der Waals surface area contributed by atoms with Crippen LogP contribution in [-0.4, -0.2) is 65.4 Å². The molecule has 4 atom stereocenters. The van der Waals surface area contributed by atoms with E-state index in [2.05, 4.69) is 24.8 Å². The molecule has 2 bridgehead atoms. The number of amides is 1. The van der Waals surface area contributed by atoms with E-state index in [0.29, 0.717) is 12.1 Å². The van der Waals surface area contributed by atoms with E-state index in [1.807, 2.05) is 6.92 Å². The van der Waals surface area contributed by atoms with Crippen molar-refractivity contribution in [3.63, 3.8) is 0 Å². The molecule has 5 heterocycles. The summed E-state index contributed by atoms with van der Waals surface area (Å²) in [7, 11) is 0. The molecule has 1 saturated carbocycles. The Balaban J connectivity index is 1.27. The van der Waals surface area contributed by atoms with Crippen molar-refractivity contribution >= 4 is 5.91 Å². The van der Waals surface area contributed by atoms with E-state index in [0.717, 1.165) is 37.9 Å². The van der Waals surface area contributed by atoms with Crippen LogP contribution >= 0.6 is 0 Å². The van der Waals surface area contributed by atoms with Gasteiger partial charge in [0.05, 0.1) is 23.1 Å². The smallest absolute Gasteiger partial charge is 0.257 e. The van der Waals surface area contributed by atoms with E-state index in [4.69, 9.17) is 0 Å². The predicted molar refractivity (Wildman–Crippen MR) is 139 cm³/mol. The summed E-state index contributed by atoms with van der Waals surface area (Å²) in [6, 6.07) is 1.94. The van der Waals surface area contributed by atoms with Crippen LogP contribution < -0.4 is 0 Å². The van der Waals surface area contributed by atoms with Gasteiger partial charge in [0.25, 0.3) is 5.91 Å². The molecule has 3 aromatic rings. The summed E-state index contributed by atoms with van der Waals surface area (Å²) in [5.74, 6) is -2.36. The van der Waals surface area contributed by atoms with Crippen molar-refractivity contribution in [3.05, 3.63) is 70.8 Å². The second-order valence-corrected chi connectivity index (χ2v) is 11.4. The summed E-state index contributed by atoms with van der Waals surface area (Å²) in [5.41, 5.74) is -0.595. The van der Waals surface area contributed by atoms with Crippen molar-refractivity contribution < 1.29 is 23.1 Å². The number of pyridine rings is 2. The zero-order valence-electron chi connectivity index (χ0n) is 22.6. The molecular formula is C29H31F3N6O2. The maximum Gasteiger partial charge on any atom is 0.257 e. The Hall–Kier alpha value is -3.44. The number of carbonyl (C=O) groups excluding carboxylic acids is 1. The highest BCUT2D eigenvalue weighted by molar-refractivity contribution is 5.97. The maximum absolute atomic E-state index is 16.1. The summed E-state index contributed by atoms with van der Waals surface area (Å²) >= 11 is 0. The number of carbonyl (C=O) groups is 1. The van der Waals surface area contributed by atoms with Crippen LogP contribution in [0.2, 0.25) is 0 Å². The molecule has 0 radical (unpaired) electrons. The molecule has 1 N–H and O–H groups in total. The molecule has 2 saturated heterocycles. The zero-order valence-corrected chi connectivity index (χ0v) is 22.6. The molecule has 0 spiro atoms. The van der Waals surface area contributed by atoms with E-state index >= 15 is 4.39 Å². The van der Waals surface area contributed by atoms with Crippen LogP contribution in [0.15, 0.2) is 30.7 Å². The van der Waals surface area contributed by atoms with E-state index in [1.165, 1.54) is 18.5 Å². The Morgan fingerprint density at radius 3 is 2.62 bits per heavy atom. The number of nitrogens with zero attached hydrogens (tertiary/aromatic N) is 6. The van der Waals surface area contributed by atoms with Crippen molar-refractivity contribution in [2.24, 2.45) is 5.92 Å². The molecule has 1 aliphatic carbocycles. The topological polar surface area (TPSA) is 95.3 Å². The molecule has 3 aliphatic rings. The molecule has 1 amide bonds. The number of aryl methyl sites for hydroxylation is 1. The molecule has 0 unspecified atom stereocenters. The van der Waals surface area contributed by atoms with Gasteiger partial charge in [-0.1, -0.05) is 0 Å². The van der Waals surface area contributed by atoms with E-state index in [1.54, 1.807) is 18.7 Å². The molecule has 3 fully saturated rings. The lowest BCUT2D eigenvalue weighted by atomic mass is 9.99. The predicted octanol–water partition coefficient (Wildman–Crippen LogP) is 4.15. The Kier molecular flexibility index (Phi) is 6.61. The van der Waals surface area contributed by atoms with Crippen molar-refractivity contribution in [2.45, 2.75) is 76.7 Å². The average Bonchev–Trinajstić information content (AvgIpc) is 3.73. The van der Waals surface area contributed by atoms with Gasteiger partial charge in [0.15, 0.2) is 11.6 Å². The van der Waals surface area contributed by atoms with Gasteiger partial charge in [-0.3, -0.25) is 19.7 Å². The summed E-state index contributed by atoms with van der Waals surface area (Å²) in [4.78, 5) is 34.5. The van der Waals surface area contributed by atoms with Crippen molar-refractivity contribution in [1.82, 2.24) is 29.7 Å². The number of aliphatic hydroxyl groups is 1. The second-order valence-electron chi connectivity index (χ2n) is 11.4. The van der Waals surface area contributed by atoms with Crippen LogP contribution in [-0.2, 0) is 12.1 Å². The van der Waals surface area contributed by atoms with Crippen molar-refractivity contribution in [3.8, 4) is 11.4 Å². The third-order valence-electron chi connectivity index (χ3n) is 8.77. The average molecular weight is 553 g/mol. The van der Waals surface area contributed by atoms with E-state index in [9.17, 15) is 18.7 Å². The highest BCUT2D eigenvalue weighted by atomic mass is 19.1. The van der Waals surface area contributed by atoms with E-state index < -0.39 is 29.0 Å². The SMILES string of the molecule is Cc1cnc(-c2ccnc([C@](C)(O)C3CC3)n2)c(F)c1C(=O)N1C[C@H]2CC[C@@H]([C@H]1C)N2Cc1ncc(F)cc1F. The number of fused-ring (bicyclic) bond motifs is 2. The maximum atomic E-state index is 16.1. The van der Waals surface area contributed by atoms with Crippen LogP contribution in [0, 0.1) is 30.3 Å². The minimum atomic E-state index is -1.23. The van der Waals surface area contributed by atoms with Crippen molar-refractivity contribution in [2.75, 3.05) is 6.54 Å². The van der Waals surface area contributed by atoms with Crippen LogP contribution in [0.25, 0.3) is 11.4 Å². The Labute approximate surface area is 230 Å². The molecule has 8 nitrogen and oxygen atoms in total.